The van der Waals surface area contributed by atoms with Gasteiger partial charge in [-0.15, -0.1) is 0 Å². The summed E-state index contributed by atoms with van der Waals surface area (Å²) >= 11 is 0. The van der Waals surface area contributed by atoms with E-state index in [0.29, 0.717) is 24.5 Å². The Kier molecular flexibility index (Phi) is 5.57. The van der Waals surface area contributed by atoms with Crippen LogP contribution in [0.1, 0.15) is 39.0 Å². The van der Waals surface area contributed by atoms with Gasteiger partial charge in [-0.3, -0.25) is 5.32 Å². The quantitative estimate of drug-likeness (QED) is 0.920. The van der Waals surface area contributed by atoms with Crippen LogP contribution in [0.4, 0.5) is 4.79 Å². The van der Waals surface area contributed by atoms with Crippen molar-refractivity contribution in [3.8, 4) is 5.75 Å². The second-order valence-electron chi connectivity index (χ2n) is 6.00. The molecule has 1 aromatic rings. The molecule has 1 aliphatic heterocycles. The highest BCUT2D eigenvalue weighted by molar-refractivity contribution is 5.71. The first-order chi connectivity index (χ1) is 10.5. The van der Waals surface area contributed by atoms with Crippen LogP contribution in [-0.2, 0) is 9.47 Å². The van der Waals surface area contributed by atoms with E-state index in [1.165, 1.54) is 0 Å². The Labute approximate surface area is 131 Å². The first-order valence-corrected chi connectivity index (χ1v) is 7.47. The van der Waals surface area contributed by atoms with E-state index in [9.17, 15) is 4.79 Å². The van der Waals surface area contributed by atoms with Crippen LogP contribution in [0.3, 0.4) is 0 Å². The average molecular weight is 305 g/mol. The van der Waals surface area contributed by atoms with Crippen LogP contribution < -0.4 is 10.1 Å². The van der Waals surface area contributed by atoms with Gasteiger partial charge in [-0.25, -0.2) is 4.79 Å². The van der Waals surface area contributed by atoms with Crippen molar-refractivity contribution in [1.29, 1.82) is 0 Å². The number of benzene rings is 1. The molecule has 1 fully saturated rings. The molecule has 0 bridgehead atoms. The van der Waals surface area contributed by atoms with E-state index < -0.39 is 12.4 Å². The summed E-state index contributed by atoms with van der Waals surface area (Å²) in [5.41, 5.74) is 0.710. The maximum absolute atomic E-state index is 11.8. The molecule has 1 heterocycles. The summed E-state index contributed by atoms with van der Waals surface area (Å²) < 4.78 is 16.8. The summed E-state index contributed by atoms with van der Waals surface area (Å²) in [6.45, 7) is 7.34. The Hall–Kier alpha value is -1.85. The molecule has 120 valence electrons. The molecule has 0 aromatic heterocycles. The van der Waals surface area contributed by atoms with Gasteiger partial charge in [0.05, 0.1) is 18.8 Å². The molecule has 0 saturated carbocycles. The summed E-state index contributed by atoms with van der Waals surface area (Å²) in [5, 5.41) is 2.55. The van der Waals surface area contributed by atoms with Crippen molar-refractivity contribution >= 4 is 6.09 Å². The molecule has 0 unspecified atom stereocenters. The highest BCUT2D eigenvalue weighted by Gasteiger charge is 2.30. The van der Waals surface area contributed by atoms with Crippen molar-refractivity contribution in [1.82, 2.24) is 5.32 Å². The second kappa shape index (κ2) is 7.42. The number of para-hydroxylation sites is 1. The van der Waals surface area contributed by atoms with Gasteiger partial charge in [0.1, 0.15) is 5.75 Å². The van der Waals surface area contributed by atoms with E-state index >= 15 is 0 Å². The molecule has 2 rings (SSSR count). The standard InChI is InChI=1S/C17H23NO4/c1-4-5-10-18-16(19)22-14-9-7-6-8-13(14)15-20-11-17(2,3)12-21-15/h5-10,15H,4,11-12H2,1-3H3,(H,18,19). The van der Waals surface area contributed by atoms with E-state index in [2.05, 4.69) is 19.2 Å². The number of carbonyl (C=O) groups excluding carboxylic acids is 1. The largest absolute Gasteiger partial charge is 0.416 e. The van der Waals surface area contributed by atoms with Crippen LogP contribution in [0.15, 0.2) is 36.5 Å². The number of carbonyl (C=O) groups is 1. The molecule has 0 aliphatic carbocycles. The Morgan fingerprint density at radius 3 is 2.73 bits per heavy atom. The van der Waals surface area contributed by atoms with Gasteiger partial charge in [-0.05, 0) is 12.5 Å². The Morgan fingerprint density at radius 1 is 1.36 bits per heavy atom. The fraction of sp³-hybridized carbons (Fsp3) is 0.471. The lowest BCUT2D eigenvalue weighted by molar-refractivity contribution is -0.226. The lowest BCUT2D eigenvalue weighted by atomic mass is 9.95. The normalized spacial score (nSPS) is 18.3. The maximum atomic E-state index is 11.8. The summed E-state index contributed by atoms with van der Waals surface area (Å²) in [5.74, 6) is 0.439. The van der Waals surface area contributed by atoms with E-state index in [0.717, 1.165) is 6.42 Å². The molecule has 5 nitrogen and oxygen atoms in total. The van der Waals surface area contributed by atoms with E-state index in [4.69, 9.17) is 14.2 Å². The molecule has 0 spiro atoms. The molecule has 5 heteroatoms. The Morgan fingerprint density at radius 2 is 2.05 bits per heavy atom. The molecule has 0 atom stereocenters. The van der Waals surface area contributed by atoms with Crippen LogP contribution in [-0.4, -0.2) is 19.3 Å². The van der Waals surface area contributed by atoms with Gasteiger partial charge < -0.3 is 14.2 Å². The number of ether oxygens (including phenoxy) is 3. The zero-order valence-corrected chi connectivity index (χ0v) is 13.3. The van der Waals surface area contributed by atoms with E-state index in [1.807, 2.05) is 25.1 Å². The zero-order chi connectivity index (χ0) is 16.0. The lowest BCUT2D eigenvalue weighted by Gasteiger charge is -2.35. The third-order valence-corrected chi connectivity index (χ3v) is 3.18. The van der Waals surface area contributed by atoms with Crippen molar-refractivity contribution < 1.29 is 19.0 Å². The first-order valence-electron chi connectivity index (χ1n) is 7.47. The van der Waals surface area contributed by atoms with Gasteiger partial charge >= 0.3 is 6.09 Å². The monoisotopic (exact) mass is 305 g/mol. The predicted molar refractivity (Wildman–Crippen MR) is 83.5 cm³/mol. The second-order valence-corrected chi connectivity index (χ2v) is 6.00. The molecule has 1 aliphatic rings. The van der Waals surface area contributed by atoms with Gasteiger partial charge in [0.2, 0.25) is 0 Å². The zero-order valence-electron chi connectivity index (χ0n) is 13.3. The van der Waals surface area contributed by atoms with Crippen molar-refractivity contribution in [2.75, 3.05) is 13.2 Å². The first kappa shape index (κ1) is 16.5. The predicted octanol–water partition coefficient (Wildman–Crippen LogP) is 3.77. The molecule has 1 saturated heterocycles. The van der Waals surface area contributed by atoms with Gasteiger partial charge in [0.25, 0.3) is 0 Å². The van der Waals surface area contributed by atoms with E-state index in [1.54, 1.807) is 18.3 Å². The van der Waals surface area contributed by atoms with Gasteiger partial charge in [-0.1, -0.05) is 45.0 Å². The van der Waals surface area contributed by atoms with Gasteiger partial charge in [0.15, 0.2) is 6.29 Å². The molecule has 0 radical (unpaired) electrons. The number of hydrogen-bond acceptors (Lipinski definition) is 4. The molecule has 1 N–H and O–H groups in total. The fourth-order valence-corrected chi connectivity index (χ4v) is 2.01. The Bertz CT molecular complexity index is 529. The molecule has 22 heavy (non-hydrogen) atoms. The van der Waals surface area contributed by atoms with Crippen LogP contribution in [0.2, 0.25) is 0 Å². The summed E-state index contributed by atoms with van der Waals surface area (Å²) in [6, 6.07) is 7.24. The number of nitrogens with one attached hydrogen (secondary N) is 1. The molecular formula is C17H23NO4. The smallest absolute Gasteiger partial charge is 0.410 e. The fourth-order valence-electron chi connectivity index (χ4n) is 2.01. The highest BCUT2D eigenvalue weighted by atomic mass is 16.7. The molecular weight excluding hydrogens is 282 g/mol. The number of rotatable bonds is 4. The van der Waals surface area contributed by atoms with Crippen LogP contribution in [0.5, 0.6) is 5.75 Å². The van der Waals surface area contributed by atoms with Crippen molar-refractivity contribution in [3.05, 3.63) is 42.1 Å². The molecule has 1 amide bonds. The number of amides is 1. The minimum atomic E-state index is -0.534. The topological polar surface area (TPSA) is 56.8 Å². The Balaban J connectivity index is 2.04. The van der Waals surface area contributed by atoms with Crippen molar-refractivity contribution in [3.63, 3.8) is 0 Å². The van der Waals surface area contributed by atoms with Crippen LogP contribution in [0, 0.1) is 5.41 Å². The molecule has 1 aromatic carbocycles. The van der Waals surface area contributed by atoms with E-state index in [-0.39, 0.29) is 5.41 Å². The van der Waals surface area contributed by atoms with Crippen LogP contribution in [0.25, 0.3) is 0 Å². The van der Waals surface area contributed by atoms with Crippen LogP contribution >= 0.6 is 0 Å². The number of hydrogen-bond donors (Lipinski definition) is 1. The third kappa shape index (κ3) is 4.58. The average Bonchev–Trinajstić information content (AvgIpc) is 2.48. The highest BCUT2D eigenvalue weighted by Crippen LogP contribution is 2.35. The van der Waals surface area contributed by atoms with Crippen molar-refractivity contribution in [2.45, 2.75) is 33.5 Å². The van der Waals surface area contributed by atoms with Gasteiger partial charge in [0, 0.05) is 11.6 Å². The maximum Gasteiger partial charge on any atom is 0.416 e. The summed E-state index contributed by atoms with van der Waals surface area (Å²) in [6.07, 6.45) is 3.21. The SMILES string of the molecule is CCC=CNC(=O)Oc1ccccc1C1OCC(C)(C)CO1. The van der Waals surface area contributed by atoms with Crippen molar-refractivity contribution in [2.24, 2.45) is 5.41 Å². The third-order valence-electron chi connectivity index (χ3n) is 3.18. The number of allylic oxidation sites excluding steroid dienone is 1. The minimum Gasteiger partial charge on any atom is -0.410 e. The van der Waals surface area contributed by atoms with Gasteiger partial charge in [-0.2, -0.15) is 0 Å². The summed E-state index contributed by atoms with van der Waals surface area (Å²) in [4.78, 5) is 11.8. The lowest BCUT2D eigenvalue weighted by Crippen LogP contribution is -2.34. The minimum absolute atomic E-state index is 0.00533. The summed E-state index contributed by atoms with van der Waals surface area (Å²) in [7, 11) is 0.